The molecule has 1 aliphatic carbocycles. The number of amides is 1. The largest absolute Gasteiger partial charge is 0.493 e. The van der Waals surface area contributed by atoms with E-state index in [2.05, 4.69) is 11.5 Å². The fourth-order valence-corrected chi connectivity index (χ4v) is 2.57. The van der Waals surface area contributed by atoms with Gasteiger partial charge in [0, 0.05) is 0 Å². The molecule has 0 atom stereocenters. The zero-order valence-electron chi connectivity index (χ0n) is 9.66. The zero-order chi connectivity index (χ0) is 11.9. The number of hydrazine groups is 1. The van der Waals surface area contributed by atoms with Crippen molar-refractivity contribution >= 4 is 5.91 Å². The Bertz CT molecular complexity index is 466. The Morgan fingerprint density at radius 2 is 2.24 bits per heavy atom. The van der Waals surface area contributed by atoms with Crippen molar-refractivity contribution in [2.45, 2.75) is 31.1 Å². The summed E-state index contributed by atoms with van der Waals surface area (Å²) in [6.07, 6.45) is 3.85. The summed E-state index contributed by atoms with van der Waals surface area (Å²) in [5.74, 6) is 6.14. The molecule has 3 rings (SSSR count). The summed E-state index contributed by atoms with van der Waals surface area (Å²) in [5, 5.41) is 0. The molecule has 3 N–H and O–H groups in total. The molecule has 0 unspecified atom stereocenters. The Hall–Kier alpha value is -1.55. The summed E-state index contributed by atoms with van der Waals surface area (Å²) in [6.45, 7) is 0.792. The zero-order valence-corrected chi connectivity index (χ0v) is 9.66. The Balaban J connectivity index is 1.96. The molecule has 4 heteroatoms. The molecule has 1 amide bonds. The van der Waals surface area contributed by atoms with Crippen LogP contribution in [-0.4, -0.2) is 12.5 Å². The first-order valence-electron chi connectivity index (χ1n) is 6.03. The van der Waals surface area contributed by atoms with Gasteiger partial charge in [0.05, 0.1) is 12.0 Å². The van der Waals surface area contributed by atoms with Crippen molar-refractivity contribution in [1.29, 1.82) is 0 Å². The summed E-state index contributed by atoms with van der Waals surface area (Å²) in [6, 6.07) is 6.08. The third kappa shape index (κ3) is 1.60. The van der Waals surface area contributed by atoms with Crippen LogP contribution in [0.25, 0.3) is 0 Å². The normalized spacial score (nSPS) is 20.1. The van der Waals surface area contributed by atoms with E-state index >= 15 is 0 Å². The number of fused-ring (bicyclic) bond motifs is 1. The Morgan fingerprint density at radius 1 is 1.41 bits per heavy atom. The second-order valence-electron chi connectivity index (χ2n) is 4.83. The number of carbonyl (C=O) groups excluding carboxylic acids is 1. The van der Waals surface area contributed by atoms with Gasteiger partial charge in [0.15, 0.2) is 0 Å². The predicted molar refractivity (Wildman–Crippen MR) is 63.5 cm³/mol. The van der Waals surface area contributed by atoms with Crippen LogP contribution in [0.4, 0.5) is 0 Å². The maximum absolute atomic E-state index is 11.8. The number of nitrogens with one attached hydrogen (secondary N) is 1. The van der Waals surface area contributed by atoms with Gasteiger partial charge < -0.3 is 4.74 Å². The average Bonchev–Trinajstić information content (AvgIpc) is 3.19. The number of rotatable bonds is 2. The van der Waals surface area contributed by atoms with Crippen LogP contribution in [-0.2, 0) is 16.6 Å². The van der Waals surface area contributed by atoms with Crippen LogP contribution in [0.3, 0.4) is 0 Å². The first-order valence-corrected chi connectivity index (χ1v) is 6.03. The van der Waals surface area contributed by atoms with E-state index in [0.29, 0.717) is 0 Å². The highest BCUT2D eigenvalue weighted by Gasteiger charge is 2.51. The first-order chi connectivity index (χ1) is 8.26. The first kappa shape index (κ1) is 10.6. The number of ether oxygens (including phenoxy) is 1. The minimum Gasteiger partial charge on any atom is -0.493 e. The third-order valence-electron chi connectivity index (χ3n) is 3.78. The third-order valence-corrected chi connectivity index (χ3v) is 3.78. The van der Waals surface area contributed by atoms with Gasteiger partial charge in [-0.1, -0.05) is 12.1 Å². The van der Waals surface area contributed by atoms with Crippen molar-refractivity contribution in [3.8, 4) is 5.75 Å². The van der Waals surface area contributed by atoms with Crippen LogP contribution < -0.4 is 16.0 Å². The molecule has 90 valence electrons. The molecular weight excluding hydrogens is 216 g/mol. The van der Waals surface area contributed by atoms with Crippen LogP contribution in [0.2, 0.25) is 0 Å². The fraction of sp³-hybridized carbons (Fsp3) is 0.462. The molecule has 0 aromatic heterocycles. The number of carbonyl (C=O) groups is 1. The molecule has 0 saturated heterocycles. The summed E-state index contributed by atoms with van der Waals surface area (Å²) in [5.41, 5.74) is 4.19. The van der Waals surface area contributed by atoms with Crippen molar-refractivity contribution in [1.82, 2.24) is 5.43 Å². The number of aryl methyl sites for hydroxylation is 1. The van der Waals surface area contributed by atoms with E-state index in [9.17, 15) is 4.79 Å². The van der Waals surface area contributed by atoms with E-state index in [0.717, 1.165) is 43.6 Å². The highest BCUT2D eigenvalue weighted by molar-refractivity contribution is 5.90. The standard InChI is InChI=1S/C13H16N2O2/c14-15-12(16)13(5-6-13)10-3-4-11-9(8-10)2-1-7-17-11/h3-4,8H,1-2,5-7,14H2,(H,15,16). The highest BCUT2D eigenvalue weighted by atomic mass is 16.5. The number of hydrogen-bond acceptors (Lipinski definition) is 3. The van der Waals surface area contributed by atoms with Gasteiger partial charge >= 0.3 is 0 Å². The summed E-state index contributed by atoms with van der Waals surface area (Å²) in [4.78, 5) is 11.8. The molecule has 0 radical (unpaired) electrons. The highest BCUT2D eigenvalue weighted by Crippen LogP contribution is 2.49. The minimum atomic E-state index is -0.374. The molecule has 4 nitrogen and oxygen atoms in total. The van der Waals surface area contributed by atoms with Crippen molar-refractivity contribution in [3.05, 3.63) is 29.3 Å². The Morgan fingerprint density at radius 3 is 2.94 bits per heavy atom. The van der Waals surface area contributed by atoms with Crippen LogP contribution in [0.1, 0.15) is 30.4 Å². The SMILES string of the molecule is NNC(=O)C1(c2ccc3c(c2)CCCO3)CC1. The van der Waals surface area contributed by atoms with E-state index in [1.807, 2.05) is 12.1 Å². The molecule has 17 heavy (non-hydrogen) atoms. The smallest absolute Gasteiger partial charge is 0.244 e. The van der Waals surface area contributed by atoms with Crippen LogP contribution >= 0.6 is 0 Å². The van der Waals surface area contributed by atoms with E-state index in [4.69, 9.17) is 10.6 Å². The van der Waals surface area contributed by atoms with Crippen LogP contribution in [0.5, 0.6) is 5.75 Å². The van der Waals surface area contributed by atoms with Gasteiger partial charge in [0.25, 0.3) is 0 Å². The van der Waals surface area contributed by atoms with Gasteiger partial charge in [0.2, 0.25) is 5.91 Å². The maximum Gasteiger partial charge on any atom is 0.244 e. The van der Waals surface area contributed by atoms with E-state index in [1.54, 1.807) is 0 Å². The lowest BCUT2D eigenvalue weighted by molar-refractivity contribution is -0.123. The predicted octanol–water partition coefficient (Wildman–Crippen LogP) is 1.03. The van der Waals surface area contributed by atoms with E-state index < -0.39 is 0 Å². The van der Waals surface area contributed by atoms with Crippen molar-refractivity contribution in [2.75, 3.05) is 6.61 Å². The maximum atomic E-state index is 11.8. The molecule has 0 spiro atoms. The lowest BCUT2D eigenvalue weighted by atomic mass is 9.92. The summed E-state index contributed by atoms with van der Waals surface area (Å²) < 4.78 is 5.57. The molecule has 0 bridgehead atoms. The molecule has 1 saturated carbocycles. The number of hydrogen-bond donors (Lipinski definition) is 2. The van der Waals surface area contributed by atoms with Gasteiger partial charge in [-0.15, -0.1) is 0 Å². The lowest BCUT2D eigenvalue weighted by Crippen LogP contribution is -2.39. The van der Waals surface area contributed by atoms with E-state index in [-0.39, 0.29) is 11.3 Å². The van der Waals surface area contributed by atoms with Crippen LogP contribution in [0, 0.1) is 0 Å². The monoisotopic (exact) mass is 232 g/mol. The molecule has 1 fully saturated rings. The second kappa shape index (κ2) is 3.74. The number of nitrogens with two attached hydrogens (primary N) is 1. The molecular formula is C13H16N2O2. The summed E-state index contributed by atoms with van der Waals surface area (Å²) >= 11 is 0. The van der Waals surface area contributed by atoms with Gasteiger partial charge in [0.1, 0.15) is 5.75 Å². The molecule has 2 aliphatic rings. The van der Waals surface area contributed by atoms with Gasteiger partial charge in [-0.2, -0.15) is 0 Å². The van der Waals surface area contributed by atoms with Gasteiger partial charge in [-0.3, -0.25) is 10.2 Å². The topological polar surface area (TPSA) is 64.3 Å². The molecule has 1 aromatic rings. The molecule has 1 aliphatic heterocycles. The molecule has 1 heterocycles. The fourth-order valence-electron chi connectivity index (χ4n) is 2.57. The van der Waals surface area contributed by atoms with Crippen molar-refractivity contribution in [3.63, 3.8) is 0 Å². The van der Waals surface area contributed by atoms with Gasteiger partial charge in [-0.05, 0) is 42.9 Å². The number of benzene rings is 1. The molecule has 1 aromatic carbocycles. The quantitative estimate of drug-likeness (QED) is 0.455. The van der Waals surface area contributed by atoms with Gasteiger partial charge in [-0.25, -0.2) is 5.84 Å². The minimum absolute atomic E-state index is 0.0748. The Labute approximate surface area is 100 Å². The average molecular weight is 232 g/mol. The summed E-state index contributed by atoms with van der Waals surface area (Å²) in [7, 11) is 0. The van der Waals surface area contributed by atoms with Crippen molar-refractivity contribution < 1.29 is 9.53 Å². The van der Waals surface area contributed by atoms with Crippen LogP contribution in [0.15, 0.2) is 18.2 Å². The lowest BCUT2D eigenvalue weighted by Gasteiger charge is -2.20. The Kier molecular flexibility index (Phi) is 2.33. The second-order valence-corrected chi connectivity index (χ2v) is 4.83. The van der Waals surface area contributed by atoms with Crippen molar-refractivity contribution in [2.24, 2.45) is 5.84 Å². The van der Waals surface area contributed by atoms with E-state index in [1.165, 1.54) is 5.56 Å².